The molecule has 0 aliphatic heterocycles. The maximum absolute atomic E-state index is 8.61. The van der Waals surface area contributed by atoms with Crippen LogP contribution < -0.4 is 5.73 Å². The monoisotopic (exact) mass is 222 g/mol. The highest BCUT2D eigenvalue weighted by Crippen LogP contribution is 2.35. The minimum absolute atomic E-state index is 0.303. The smallest absolute Gasteiger partial charge is 0.0816 e. The zero-order valence-electron chi connectivity index (χ0n) is 7.25. The van der Waals surface area contributed by atoms with Gasteiger partial charge in [-0.3, -0.25) is 0 Å². The average molecular weight is 223 g/mol. The number of rotatable bonds is 1. The van der Waals surface area contributed by atoms with Crippen LogP contribution in [0.2, 0.25) is 5.02 Å². The fourth-order valence-corrected chi connectivity index (χ4v) is 2.56. The van der Waals surface area contributed by atoms with Crippen molar-refractivity contribution >= 4 is 38.7 Å². The quantitative estimate of drug-likeness (QED) is 0.754. The molecule has 2 N–H and O–H groups in total. The zero-order valence-corrected chi connectivity index (χ0v) is 8.82. The summed E-state index contributed by atoms with van der Waals surface area (Å²) in [6.45, 7) is 0. The Balaban J connectivity index is 2.75. The van der Waals surface area contributed by atoms with E-state index in [1.165, 1.54) is 0 Å². The number of benzene rings is 1. The molecule has 0 bridgehead atoms. The highest BCUT2D eigenvalue weighted by atomic mass is 35.5. The van der Waals surface area contributed by atoms with Crippen LogP contribution in [0.5, 0.6) is 0 Å². The van der Waals surface area contributed by atoms with Crippen LogP contribution >= 0.6 is 22.9 Å². The highest BCUT2D eigenvalue weighted by Gasteiger charge is 2.09. The van der Waals surface area contributed by atoms with Crippen molar-refractivity contribution in [2.75, 3.05) is 5.73 Å². The molecule has 0 unspecified atom stereocenters. The van der Waals surface area contributed by atoms with Gasteiger partial charge >= 0.3 is 0 Å². The number of hydrogen-bond acceptors (Lipinski definition) is 3. The van der Waals surface area contributed by atoms with Gasteiger partial charge < -0.3 is 5.73 Å². The van der Waals surface area contributed by atoms with Gasteiger partial charge in [-0.2, -0.15) is 5.26 Å². The summed E-state index contributed by atoms with van der Waals surface area (Å²) in [5.41, 5.74) is 7.16. The van der Waals surface area contributed by atoms with Gasteiger partial charge in [-0.05, 0) is 28.5 Å². The third-order valence-electron chi connectivity index (χ3n) is 2.08. The standard InChI is InChI=1S/C10H7ClN2S/c11-8-9(13)6(1-3-12)5-7-2-4-14-10(7)8/h2,4-5H,1,13H2. The van der Waals surface area contributed by atoms with E-state index < -0.39 is 0 Å². The van der Waals surface area contributed by atoms with Crippen LogP contribution in [-0.4, -0.2) is 0 Å². The molecular formula is C10H7ClN2S. The maximum atomic E-state index is 8.61. The molecule has 2 aromatic rings. The van der Waals surface area contributed by atoms with Gasteiger partial charge in [-0.25, -0.2) is 0 Å². The SMILES string of the molecule is N#CCc1cc2ccsc2c(Cl)c1N. The molecule has 0 amide bonds. The molecule has 0 saturated heterocycles. The molecule has 1 aromatic carbocycles. The summed E-state index contributed by atoms with van der Waals surface area (Å²) >= 11 is 7.64. The van der Waals surface area contributed by atoms with Crippen molar-refractivity contribution in [2.24, 2.45) is 0 Å². The lowest BCUT2D eigenvalue weighted by atomic mass is 10.1. The number of nitrogens with zero attached hydrogens (tertiary/aromatic N) is 1. The van der Waals surface area contributed by atoms with Crippen molar-refractivity contribution in [3.63, 3.8) is 0 Å². The minimum Gasteiger partial charge on any atom is -0.397 e. The molecule has 2 rings (SSSR count). The second kappa shape index (κ2) is 3.49. The Labute approximate surface area is 90.5 Å². The molecule has 0 atom stereocenters. The van der Waals surface area contributed by atoms with Gasteiger partial charge in [0.25, 0.3) is 0 Å². The Morgan fingerprint density at radius 2 is 2.36 bits per heavy atom. The van der Waals surface area contributed by atoms with Gasteiger partial charge in [0.05, 0.1) is 27.9 Å². The molecule has 1 heterocycles. The van der Waals surface area contributed by atoms with Crippen molar-refractivity contribution < 1.29 is 0 Å². The fourth-order valence-electron chi connectivity index (χ4n) is 1.37. The molecule has 2 nitrogen and oxygen atoms in total. The Bertz CT molecular complexity index is 525. The van der Waals surface area contributed by atoms with E-state index in [2.05, 4.69) is 6.07 Å². The summed E-state index contributed by atoms with van der Waals surface area (Å²) in [4.78, 5) is 0. The molecule has 14 heavy (non-hydrogen) atoms. The normalized spacial score (nSPS) is 10.3. The topological polar surface area (TPSA) is 49.8 Å². The van der Waals surface area contributed by atoms with Crippen LogP contribution in [0.4, 0.5) is 5.69 Å². The first kappa shape index (κ1) is 9.32. The second-order valence-corrected chi connectivity index (χ2v) is 4.23. The largest absolute Gasteiger partial charge is 0.397 e. The van der Waals surface area contributed by atoms with Crippen molar-refractivity contribution in [2.45, 2.75) is 6.42 Å². The molecule has 0 aliphatic rings. The summed E-state index contributed by atoms with van der Waals surface area (Å²) in [5.74, 6) is 0. The lowest BCUT2D eigenvalue weighted by molar-refractivity contribution is 1.28. The van der Waals surface area contributed by atoms with Crippen molar-refractivity contribution in [3.05, 3.63) is 28.1 Å². The van der Waals surface area contributed by atoms with Gasteiger partial charge in [0.1, 0.15) is 0 Å². The number of halogens is 1. The van der Waals surface area contributed by atoms with E-state index in [0.29, 0.717) is 17.1 Å². The van der Waals surface area contributed by atoms with E-state index in [0.717, 1.165) is 15.6 Å². The van der Waals surface area contributed by atoms with E-state index in [1.807, 2.05) is 17.5 Å². The number of thiophene rings is 1. The van der Waals surface area contributed by atoms with E-state index in [-0.39, 0.29) is 0 Å². The summed E-state index contributed by atoms with van der Waals surface area (Å²) in [6, 6.07) is 5.98. The van der Waals surface area contributed by atoms with Crippen LogP contribution in [0.25, 0.3) is 10.1 Å². The molecular weight excluding hydrogens is 216 g/mol. The Morgan fingerprint density at radius 1 is 1.57 bits per heavy atom. The summed E-state index contributed by atoms with van der Waals surface area (Å²) in [5, 5.41) is 12.2. The van der Waals surface area contributed by atoms with E-state index >= 15 is 0 Å². The first-order valence-electron chi connectivity index (χ1n) is 4.05. The summed E-state index contributed by atoms with van der Waals surface area (Å²) in [7, 11) is 0. The third-order valence-corrected chi connectivity index (χ3v) is 3.53. The lowest BCUT2D eigenvalue weighted by Crippen LogP contribution is -1.94. The number of anilines is 1. The van der Waals surface area contributed by atoms with Gasteiger partial charge in [0, 0.05) is 0 Å². The Kier molecular flexibility index (Phi) is 2.32. The van der Waals surface area contributed by atoms with E-state index in [9.17, 15) is 0 Å². The van der Waals surface area contributed by atoms with Gasteiger partial charge in [0.15, 0.2) is 0 Å². The molecule has 70 valence electrons. The van der Waals surface area contributed by atoms with Crippen molar-refractivity contribution in [1.29, 1.82) is 5.26 Å². The molecule has 0 radical (unpaired) electrons. The Hall–Kier alpha value is -1.24. The van der Waals surface area contributed by atoms with Crippen LogP contribution in [-0.2, 0) is 6.42 Å². The third kappa shape index (κ3) is 1.33. The van der Waals surface area contributed by atoms with Crippen molar-refractivity contribution in [3.8, 4) is 6.07 Å². The zero-order chi connectivity index (χ0) is 10.1. The van der Waals surface area contributed by atoms with Crippen LogP contribution in [0.3, 0.4) is 0 Å². The Morgan fingerprint density at radius 3 is 3.07 bits per heavy atom. The minimum atomic E-state index is 0.303. The first-order chi connectivity index (χ1) is 6.74. The molecule has 0 aliphatic carbocycles. The van der Waals surface area contributed by atoms with Gasteiger partial charge in [-0.1, -0.05) is 11.6 Å². The first-order valence-corrected chi connectivity index (χ1v) is 5.31. The van der Waals surface area contributed by atoms with Gasteiger partial charge in [-0.15, -0.1) is 11.3 Å². The second-order valence-electron chi connectivity index (χ2n) is 2.94. The molecule has 4 heteroatoms. The molecule has 0 fully saturated rings. The van der Waals surface area contributed by atoms with Crippen LogP contribution in [0.1, 0.15) is 5.56 Å². The van der Waals surface area contributed by atoms with E-state index in [4.69, 9.17) is 22.6 Å². The number of nitriles is 1. The summed E-state index contributed by atoms with van der Waals surface area (Å²) in [6.07, 6.45) is 0.303. The average Bonchev–Trinajstić information content (AvgIpc) is 2.62. The highest BCUT2D eigenvalue weighted by molar-refractivity contribution is 7.18. The number of nitrogens with two attached hydrogens (primary N) is 1. The maximum Gasteiger partial charge on any atom is 0.0816 e. The number of fused-ring (bicyclic) bond motifs is 1. The van der Waals surface area contributed by atoms with Crippen molar-refractivity contribution in [1.82, 2.24) is 0 Å². The van der Waals surface area contributed by atoms with Gasteiger partial charge in [0.2, 0.25) is 0 Å². The molecule has 1 aromatic heterocycles. The van der Waals surface area contributed by atoms with Crippen LogP contribution in [0.15, 0.2) is 17.5 Å². The summed E-state index contributed by atoms with van der Waals surface area (Å²) < 4.78 is 0.992. The number of nitrogen functional groups attached to an aromatic ring is 1. The predicted octanol–water partition coefficient (Wildman–Crippen LogP) is 3.20. The molecule has 0 spiro atoms. The van der Waals surface area contributed by atoms with Crippen LogP contribution in [0, 0.1) is 11.3 Å². The lowest BCUT2D eigenvalue weighted by Gasteiger charge is -2.04. The number of hydrogen-bond donors (Lipinski definition) is 1. The van der Waals surface area contributed by atoms with E-state index in [1.54, 1.807) is 11.3 Å². The molecule has 0 saturated carbocycles. The predicted molar refractivity (Wildman–Crippen MR) is 60.6 cm³/mol. The fraction of sp³-hybridized carbons (Fsp3) is 0.100.